The second kappa shape index (κ2) is 13.8. The number of aliphatic hydroxyl groups excluding tert-OH is 1. The van der Waals surface area contributed by atoms with Crippen molar-refractivity contribution >= 4 is 11.9 Å². The number of allylic oxidation sites excluding steroid dienone is 4. The number of ether oxygens (including phenoxy) is 2. The first-order valence-corrected chi connectivity index (χ1v) is 25.9. The molecular formula is C55H71N3O5. The Balaban J connectivity index is 1.10. The highest BCUT2D eigenvalue weighted by Gasteiger charge is 2.94. The molecule has 9 aliphatic heterocycles. The molecule has 13 atom stereocenters. The van der Waals surface area contributed by atoms with Gasteiger partial charge in [0.15, 0.2) is 11.4 Å². The number of piperidine rings is 2. The fourth-order valence-electron chi connectivity index (χ4n) is 18.2. The third kappa shape index (κ3) is 4.97. The van der Waals surface area contributed by atoms with Crippen LogP contribution in [0.5, 0.6) is 0 Å². The summed E-state index contributed by atoms with van der Waals surface area (Å²) in [6.45, 7) is 11.1. The number of aliphatic hydroxyl groups is 1. The third-order valence-corrected chi connectivity index (χ3v) is 20.9. The minimum Gasteiger partial charge on any atom is -0.509 e. The molecule has 15 aliphatic rings. The highest BCUT2D eigenvalue weighted by molar-refractivity contribution is 6.01. The molecule has 6 aliphatic carbocycles. The highest BCUT2D eigenvalue weighted by Crippen LogP contribution is 2.88. The molecule has 12 bridgehead atoms. The molecule has 63 heavy (non-hydrogen) atoms. The largest absolute Gasteiger partial charge is 0.509 e. The normalized spacial score (nSPS) is 44.3. The zero-order chi connectivity index (χ0) is 42.8. The smallest absolute Gasteiger partial charge is 0.339 e. The Kier molecular flexibility index (Phi) is 8.78. The topological polar surface area (TPSA) is 105 Å². The van der Waals surface area contributed by atoms with Gasteiger partial charge in [0.1, 0.15) is 11.2 Å². The second-order valence-corrected chi connectivity index (χ2v) is 23.6. The summed E-state index contributed by atoms with van der Waals surface area (Å²) in [4.78, 5) is 36.9. The number of fused-ring (bicyclic) bond motifs is 3. The van der Waals surface area contributed by atoms with Gasteiger partial charge in [-0.15, -0.1) is 0 Å². The lowest BCUT2D eigenvalue weighted by atomic mass is 9.27. The van der Waals surface area contributed by atoms with Gasteiger partial charge in [0.25, 0.3) is 0 Å². The molecule has 8 heteroatoms. The maximum atomic E-state index is 16.1. The molecular weight excluding hydrogens is 783 g/mol. The lowest BCUT2D eigenvalue weighted by molar-refractivity contribution is -0.283. The van der Waals surface area contributed by atoms with Gasteiger partial charge in [-0.2, -0.15) is 0 Å². The monoisotopic (exact) mass is 854 g/mol. The number of esters is 2. The Morgan fingerprint density at radius 2 is 1.86 bits per heavy atom. The van der Waals surface area contributed by atoms with Gasteiger partial charge in [0.05, 0.1) is 11.0 Å². The first kappa shape index (κ1) is 40.0. The van der Waals surface area contributed by atoms with E-state index in [2.05, 4.69) is 54.8 Å². The summed E-state index contributed by atoms with van der Waals surface area (Å²) in [7, 11) is 0. The van der Waals surface area contributed by atoms with E-state index in [9.17, 15) is 9.90 Å². The molecule has 0 aromatic heterocycles. The first-order valence-electron chi connectivity index (χ1n) is 25.9. The van der Waals surface area contributed by atoms with Crippen LogP contribution in [0.2, 0.25) is 0 Å². The van der Waals surface area contributed by atoms with Crippen LogP contribution in [-0.4, -0.2) is 65.1 Å². The minimum absolute atomic E-state index is 0.0914. The molecule has 6 fully saturated rings. The molecule has 13 unspecified atom stereocenters. The molecule has 8 nitrogen and oxygen atoms in total. The van der Waals surface area contributed by atoms with Crippen molar-refractivity contribution < 1.29 is 24.2 Å². The van der Waals surface area contributed by atoms with Crippen molar-refractivity contribution in [1.82, 2.24) is 9.80 Å². The van der Waals surface area contributed by atoms with Crippen molar-refractivity contribution in [3.63, 3.8) is 0 Å². The molecule has 336 valence electrons. The molecule has 9 heterocycles. The van der Waals surface area contributed by atoms with Gasteiger partial charge < -0.3 is 25.2 Å². The highest BCUT2D eigenvalue weighted by atomic mass is 16.6. The van der Waals surface area contributed by atoms with Crippen molar-refractivity contribution in [2.75, 3.05) is 26.2 Å². The molecule has 3 saturated heterocycles. The first-order chi connectivity index (χ1) is 30.6. The van der Waals surface area contributed by atoms with Crippen LogP contribution in [0.1, 0.15) is 158 Å². The molecule has 1 aromatic carbocycles. The van der Waals surface area contributed by atoms with Gasteiger partial charge in [-0.3, -0.25) is 9.69 Å². The molecule has 0 radical (unpaired) electrons. The Morgan fingerprint density at radius 1 is 1.00 bits per heavy atom. The van der Waals surface area contributed by atoms with Gasteiger partial charge >= 0.3 is 11.9 Å². The van der Waals surface area contributed by atoms with Crippen molar-refractivity contribution in [1.29, 1.82) is 0 Å². The van der Waals surface area contributed by atoms with E-state index in [1.54, 1.807) is 11.3 Å². The number of hydrogen-bond donors (Lipinski definition) is 2. The molecule has 3 saturated carbocycles. The number of carbonyl (C=O) groups excluding carboxylic acids is 2. The number of benzene rings is 1. The lowest BCUT2D eigenvalue weighted by Gasteiger charge is -2.73. The zero-order valence-electron chi connectivity index (χ0n) is 38.3. The van der Waals surface area contributed by atoms with Crippen LogP contribution in [-0.2, 0) is 26.3 Å². The number of carbonyl (C=O) groups is 2. The second-order valence-electron chi connectivity index (χ2n) is 23.6. The Morgan fingerprint density at radius 3 is 2.68 bits per heavy atom. The van der Waals surface area contributed by atoms with Crippen LogP contribution >= 0.6 is 0 Å². The summed E-state index contributed by atoms with van der Waals surface area (Å²) in [5, 5.41) is 13.3. The maximum absolute atomic E-state index is 16.1. The fourth-order valence-corrected chi connectivity index (χ4v) is 18.2. The lowest BCUT2D eigenvalue weighted by Crippen LogP contribution is -2.78. The van der Waals surface area contributed by atoms with Crippen LogP contribution < -0.4 is 5.73 Å². The summed E-state index contributed by atoms with van der Waals surface area (Å²) in [5.74, 6) is 2.92. The van der Waals surface area contributed by atoms with Crippen molar-refractivity contribution in [2.45, 2.75) is 160 Å². The average Bonchev–Trinajstić information content (AvgIpc) is 3.74. The van der Waals surface area contributed by atoms with Gasteiger partial charge in [-0.25, -0.2) is 4.79 Å². The predicted molar refractivity (Wildman–Crippen MR) is 242 cm³/mol. The van der Waals surface area contributed by atoms with E-state index < -0.39 is 16.4 Å². The van der Waals surface area contributed by atoms with E-state index in [0.717, 1.165) is 75.7 Å². The standard InChI is InChI=1S/C55H71N3O5/c1-4-52(3)19-17-35-25-40-31(2)22-36-15-16-42-37-23-33-28-57(30-37)38(24-32-10-6-5-7-11-32)26-43(59)49-53-20-18-39(46(40)48(36)58(42)29-33)47(35)54(53,51(61)62-49)44(27-52)55(53)41-14-8-12-34(13-9-21-56)45(41)50(60)63-55/h8,12,14,25,31-33,37-38,40,42,44,46,59H,4-7,9-11,13,15-24,26-30,56H2,1-3H3. The number of nitrogens with two attached hydrogens (primary N) is 1. The Bertz CT molecular complexity index is 2320. The van der Waals surface area contributed by atoms with Gasteiger partial charge in [-0.05, 0) is 135 Å². The number of nitrogens with zero attached hydrogens (tertiary/aromatic N) is 2. The predicted octanol–water partition coefficient (Wildman–Crippen LogP) is 10.2. The van der Waals surface area contributed by atoms with E-state index in [0.29, 0.717) is 72.8 Å². The van der Waals surface area contributed by atoms with Crippen LogP contribution in [0.4, 0.5) is 0 Å². The van der Waals surface area contributed by atoms with E-state index >= 15 is 4.79 Å². The van der Waals surface area contributed by atoms with Gasteiger partial charge in [0.2, 0.25) is 0 Å². The summed E-state index contributed by atoms with van der Waals surface area (Å²) in [6.07, 6.45) is 22.2. The van der Waals surface area contributed by atoms with E-state index in [1.807, 2.05) is 0 Å². The molecule has 16 rings (SSSR count). The zero-order valence-corrected chi connectivity index (χ0v) is 38.3. The molecule has 0 amide bonds. The molecule has 3 N–H and O–H groups in total. The van der Waals surface area contributed by atoms with Crippen molar-refractivity contribution in [2.24, 2.45) is 63.4 Å². The van der Waals surface area contributed by atoms with Crippen LogP contribution in [0.3, 0.4) is 0 Å². The quantitative estimate of drug-likeness (QED) is 0.273. The SMILES string of the molecule is CCC1(C)CCC2=CC3C(C)CC4=C5C3C3=C2C26C(=O)OC(=C(O)CC(CC7CCCCC7)N7CC8CC(C7)C(CC4)N5C8)C2(CC3)C2(OC(=O)c3c(CCCN)cccc32)C6C1. The van der Waals surface area contributed by atoms with Gasteiger partial charge in [0, 0.05) is 61.2 Å². The van der Waals surface area contributed by atoms with Gasteiger partial charge in [-0.1, -0.05) is 94.7 Å². The van der Waals surface area contributed by atoms with E-state index in [1.165, 1.54) is 74.5 Å². The Labute approximate surface area is 375 Å². The molecule has 1 aromatic rings. The Hall–Kier alpha value is -3.36. The van der Waals surface area contributed by atoms with Crippen molar-refractivity contribution in [3.05, 3.63) is 80.5 Å². The number of hydrogen-bond acceptors (Lipinski definition) is 8. The summed E-state index contributed by atoms with van der Waals surface area (Å²) in [5.41, 5.74) is 12.8. The van der Waals surface area contributed by atoms with E-state index in [-0.39, 0.29) is 41.0 Å². The van der Waals surface area contributed by atoms with Crippen LogP contribution in [0.25, 0.3) is 0 Å². The third-order valence-electron chi connectivity index (χ3n) is 20.9. The fraction of sp³-hybridized carbons (Fsp3) is 0.709. The maximum Gasteiger partial charge on any atom is 0.339 e. The molecule has 3 spiro atoms. The van der Waals surface area contributed by atoms with E-state index in [4.69, 9.17) is 15.2 Å². The van der Waals surface area contributed by atoms with Crippen molar-refractivity contribution in [3.8, 4) is 0 Å². The minimum atomic E-state index is -1.14. The summed E-state index contributed by atoms with van der Waals surface area (Å²) < 4.78 is 14.3. The summed E-state index contributed by atoms with van der Waals surface area (Å²) in [6, 6.07) is 7.05. The van der Waals surface area contributed by atoms with Crippen LogP contribution in [0.15, 0.2) is 63.8 Å². The summed E-state index contributed by atoms with van der Waals surface area (Å²) >= 11 is 0. The number of aryl methyl sites for hydroxylation is 1. The van der Waals surface area contributed by atoms with Crippen LogP contribution in [0, 0.1) is 57.7 Å². The average molecular weight is 854 g/mol. The number of rotatable bonds is 6.